The van der Waals surface area contributed by atoms with Crippen molar-refractivity contribution >= 4 is 40.8 Å². The third kappa shape index (κ3) is 4.03. The van der Waals surface area contributed by atoms with E-state index in [1.165, 1.54) is 6.92 Å². The van der Waals surface area contributed by atoms with Crippen LogP contribution in [0.15, 0.2) is 42.5 Å². The summed E-state index contributed by atoms with van der Waals surface area (Å²) in [6.45, 7) is 1.45. The molecule has 1 amide bonds. The van der Waals surface area contributed by atoms with E-state index in [2.05, 4.69) is 5.32 Å². The van der Waals surface area contributed by atoms with Crippen LogP contribution in [0, 0.1) is 0 Å². The maximum Gasteiger partial charge on any atom is 0.351 e. The van der Waals surface area contributed by atoms with E-state index in [9.17, 15) is 9.59 Å². The lowest BCUT2D eigenvalue weighted by atomic mass is 10.2. The molecule has 6 nitrogen and oxygen atoms in total. The minimum atomic E-state index is -1.06. The molecular weight excluding hydrogens is 381 g/mol. The SMILES string of the molecule is C[C@H](OC(=O)[C@H]1COc2ccccc2O1)C(=O)Nc1cccc(Cl)c1Cl. The van der Waals surface area contributed by atoms with Crippen molar-refractivity contribution < 1.29 is 23.8 Å². The molecule has 0 aliphatic carbocycles. The number of esters is 1. The molecule has 2 aromatic carbocycles. The Morgan fingerprint density at radius 1 is 1.15 bits per heavy atom. The Hall–Kier alpha value is -2.44. The van der Waals surface area contributed by atoms with E-state index in [0.29, 0.717) is 22.2 Å². The van der Waals surface area contributed by atoms with E-state index >= 15 is 0 Å². The van der Waals surface area contributed by atoms with Crippen LogP contribution in [0.1, 0.15) is 6.92 Å². The number of benzene rings is 2. The van der Waals surface area contributed by atoms with E-state index in [-0.39, 0.29) is 11.6 Å². The lowest BCUT2D eigenvalue weighted by Crippen LogP contribution is -2.41. The maximum absolute atomic E-state index is 12.2. The number of hydrogen-bond donors (Lipinski definition) is 1. The fourth-order valence-electron chi connectivity index (χ4n) is 2.27. The van der Waals surface area contributed by atoms with Crippen molar-refractivity contribution in [3.8, 4) is 11.5 Å². The highest BCUT2D eigenvalue weighted by atomic mass is 35.5. The van der Waals surface area contributed by atoms with Crippen molar-refractivity contribution in [3.63, 3.8) is 0 Å². The lowest BCUT2D eigenvalue weighted by molar-refractivity contribution is -0.162. The minimum Gasteiger partial charge on any atom is -0.485 e. The van der Waals surface area contributed by atoms with Gasteiger partial charge in [0.2, 0.25) is 6.10 Å². The molecule has 0 spiro atoms. The molecule has 0 aromatic heterocycles. The first-order valence-electron chi connectivity index (χ1n) is 7.79. The number of amides is 1. The van der Waals surface area contributed by atoms with Gasteiger partial charge in [-0.2, -0.15) is 0 Å². The summed E-state index contributed by atoms with van der Waals surface area (Å²) in [5.74, 6) is -0.236. The smallest absolute Gasteiger partial charge is 0.351 e. The van der Waals surface area contributed by atoms with Gasteiger partial charge in [-0.15, -0.1) is 0 Å². The molecule has 26 heavy (non-hydrogen) atoms. The summed E-state index contributed by atoms with van der Waals surface area (Å²) >= 11 is 11.9. The molecule has 1 N–H and O–H groups in total. The Labute approximate surface area is 159 Å². The zero-order valence-corrected chi connectivity index (χ0v) is 15.2. The van der Waals surface area contributed by atoms with Crippen molar-refractivity contribution in [1.29, 1.82) is 0 Å². The summed E-state index contributed by atoms with van der Waals surface area (Å²) in [5, 5.41) is 3.09. The van der Waals surface area contributed by atoms with Crippen LogP contribution < -0.4 is 14.8 Å². The normalized spacial score (nSPS) is 16.5. The van der Waals surface area contributed by atoms with Crippen LogP contribution >= 0.6 is 23.2 Å². The van der Waals surface area contributed by atoms with Gasteiger partial charge in [0, 0.05) is 0 Å². The largest absolute Gasteiger partial charge is 0.485 e. The zero-order chi connectivity index (χ0) is 18.7. The minimum absolute atomic E-state index is 0.00427. The highest BCUT2D eigenvalue weighted by Crippen LogP contribution is 2.31. The first-order chi connectivity index (χ1) is 12.5. The van der Waals surface area contributed by atoms with Crippen molar-refractivity contribution in [1.82, 2.24) is 0 Å². The average molecular weight is 396 g/mol. The van der Waals surface area contributed by atoms with Gasteiger partial charge in [0.25, 0.3) is 5.91 Å². The van der Waals surface area contributed by atoms with Gasteiger partial charge in [-0.25, -0.2) is 4.79 Å². The van der Waals surface area contributed by atoms with E-state index in [1.54, 1.807) is 42.5 Å². The van der Waals surface area contributed by atoms with Gasteiger partial charge < -0.3 is 19.5 Å². The summed E-state index contributed by atoms with van der Waals surface area (Å²) in [4.78, 5) is 24.5. The first-order valence-corrected chi connectivity index (χ1v) is 8.55. The lowest BCUT2D eigenvalue weighted by Gasteiger charge is -2.25. The van der Waals surface area contributed by atoms with E-state index < -0.39 is 24.1 Å². The molecule has 0 bridgehead atoms. The van der Waals surface area contributed by atoms with Gasteiger partial charge in [-0.3, -0.25) is 4.79 Å². The molecule has 0 saturated carbocycles. The number of anilines is 1. The number of ether oxygens (including phenoxy) is 3. The molecule has 1 aliphatic rings. The number of carbonyl (C=O) groups excluding carboxylic acids is 2. The molecule has 2 atom stereocenters. The second kappa shape index (κ2) is 7.85. The van der Waals surface area contributed by atoms with Crippen LogP contribution in [0.3, 0.4) is 0 Å². The molecule has 3 rings (SSSR count). The van der Waals surface area contributed by atoms with Gasteiger partial charge in [-0.1, -0.05) is 41.4 Å². The van der Waals surface area contributed by atoms with E-state index in [0.717, 1.165) is 0 Å². The number of hydrogen-bond acceptors (Lipinski definition) is 5. The zero-order valence-electron chi connectivity index (χ0n) is 13.7. The summed E-state index contributed by atoms with van der Waals surface area (Å²) < 4.78 is 16.2. The van der Waals surface area contributed by atoms with E-state index in [1.807, 2.05) is 0 Å². The molecule has 136 valence electrons. The number of para-hydroxylation sites is 2. The number of carbonyl (C=O) groups is 2. The predicted molar refractivity (Wildman–Crippen MR) is 97.0 cm³/mol. The number of nitrogens with one attached hydrogen (secondary N) is 1. The fraction of sp³-hybridized carbons (Fsp3) is 0.222. The van der Waals surface area contributed by atoms with Crippen LogP contribution in [-0.2, 0) is 14.3 Å². The quantitative estimate of drug-likeness (QED) is 0.798. The first kappa shape index (κ1) is 18.4. The molecule has 2 aromatic rings. The van der Waals surface area contributed by atoms with Gasteiger partial charge in [-0.05, 0) is 31.2 Å². The van der Waals surface area contributed by atoms with Crippen LogP contribution in [0.5, 0.6) is 11.5 Å². The monoisotopic (exact) mass is 395 g/mol. The van der Waals surface area contributed by atoms with Gasteiger partial charge in [0.05, 0.1) is 15.7 Å². The summed E-state index contributed by atoms with van der Waals surface area (Å²) in [7, 11) is 0. The maximum atomic E-state index is 12.2. The van der Waals surface area contributed by atoms with Crippen LogP contribution in [0.2, 0.25) is 10.0 Å². The Balaban J connectivity index is 1.59. The number of rotatable bonds is 4. The fourth-order valence-corrected chi connectivity index (χ4v) is 2.62. The molecular formula is C18H15Cl2NO5. The van der Waals surface area contributed by atoms with Crippen molar-refractivity contribution in [2.75, 3.05) is 11.9 Å². The van der Waals surface area contributed by atoms with Crippen molar-refractivity contribution in [2.24, 2.45) is 0 Å². The van der Waals surface area contributed by atoms with Crippen molar-refractivity contribution in [2.45, 2.75) is 19.1 Å². The molecule has 0 fully saturated rings. The summed E-state index contributed by atoms with van der Waals surface area (Å²) in [5.41, 5.74) is 0.332. The summed E-state index contributed by atoms with van der Waals surface area (Å²) in [6.07, 6.45) is -2.01. The Bertz CT molecular complexity index is 842. The average Bonchev–Trinajstić information content (AvgIpc) is 2.64. The summed E-state index contributed by atoms with van der Waals surface area (Å²) in [6, 6.07) is 11.8. The molecule has 0 saturated heterocycles. The third-order valence-electron chi connectivity index (χ3n) is 3.64. The Morgan fingerprint density at radius 3 is 2.65 bits per heavy atom. The standard InChI is InChI=1S/C18H15Cl2NO5/c1-10(17(22)21-12-6-4-5-11(19)16(12)20)25-18(23)15-9-24-13-7-2-3-8-14(13)26-15/h2-8,10,15H,9H2,1H3,(H,21,22)/t10-,15+/m0/s1. The highest BCUT2D eigenvalue weighted by Gasteiger charge is 2.31. The van der Waals surface area contributed by atoms with Crippen LogP contribution in [0.4, 0.5) is 5.69 Å². The molecule has 1 aliphatic heterocycles. The Morgan fingerprint density at radius 2 is 1.88 bits per heavy atom. The second-order valence-corrected chi connectivity index (χ2v) is 6.32. The van der Waals surface area contributed by atoms with Crippen LogP contribution in [-0.4, -0.2) is 30.7 Å². The van der Waals surface area contributed by atoms with Gasteiger partial charge >= 0.3 is 5.97 Å². The highest BCUT2D eigenvalue weighted by molar-refractivity contribution is 6.44. The number of fused-ring (bicyclic) bond motifs is 1. The van der Waals surface area contributed by atoms with E-state index in [4.69, 9.17) is 37.4 Å². The Kier molecular flexibility index (Phi) is 5.54. The predicted octanol–water partition coefficient (Wildman–Crippen LogP) is 3.70. The molecule has 0 radical (unpaired) electrons. The second-order valence-electron chi connectivity index (χ2n) is 5.53. The topological polar surface area (TPSA) is 73.9 Å². The van der Waals surface area contributed by atoms with Gasteiger partial charge in [0.15, 0.2) is 17.6 Å². The molecule has 0 unspecified atom stereocenters. The van der Waals surface area contributed by atoms with Crippen molar-refractivity contribution in [3.05, 3.63) is 52.5 Å². The number of halogens is 2. The molecule has 8 heteroatoms. The van der Waals surface area contributed by atoms with Gasteiger partial charge in [0.1, 0.15) is 6.61 Å². The third-order valence-corrected chi connectivity index (χ3v) is 4.46. The van der Waals surface area contributed by atoms with Crippen LogP contribution in [0.25, 0.3) is 0 Å². The molecule has 1 heterocycles.